The molecule has 3 heteroatoms. The van der Waals surface area contributed by atoms with E-state index >= 15 is 0 Å². The predicted molar refractivity (Wildman–Crippen MR) is 86.9 cm³/mol. The van der Waals surface area contributed by atoms with E-state index in [4.69, 9.17) is 11.6 Å². The molecular formula is C18H15ClNO. The van der Waals surface area contributed by atoms with Gasteiger partial charge in [-0.3, -0.25) is 4.98 Å². The molecule has 0 atom stereocenters. The van der Waals surface area contributed by atoms with E-state index in [2.05, 4.69) is 18.0 Å². The standard InChI is InChI=1S/C18H15ClNO/c1-11-17-10-14(9-13-3-6-15(19)7-4-13)5-8-16(17)18(21)12(2)20-11/h3-8,10,21H,2,9H2,1H3. The van der Waals surface area contributed by atoms with Crippen LogP contribution in [0.2, 0.25) is 5.02 Å². The molecule has 0 unspecified atom stereocenters. The van der Waals surface area contributed by atoms with Gasteiger partial charge in [-0.2, -0.15) is 0 Å². The van der Waals surface area contributed by atoms with Crippen LogP contribution in [0.1, 0.15) is 22.5 Å². The van der Waals surface area contributed by atoms with Gasteiger partial charge in [-0.05, 0) is 49.6 Å². The van der Waals surface area contributed by atoms with Gasteiger partial charge in [-0.15, -0.1) is 0 Å². The average molecular weight is 297 g/mol. The summed E-state index contributed by atoms with van der Waals surface area (Å²) in [4.78, 5) is 4.28. The molecule has 1 N–H and O–H groups in total. The second-order valence-corrected chi connectivity index (χ2v) is 5.61. The van der Waals surface area contributed by atoms with Crippen LogP contribution in [-0.2, 0) is 6.42 Å². The lowest BCUT2D eigenvalue weighted by molar-refractivity contribution is 0.476. The van der Waals surface area contributed by atoms with Gasteiger partial charge in [0.15, 0.2) is 0 Å². The fourth-order valence-electron chi connectivity index (χ4n) is 2.52. The highest BCUT2D eigenvalue weighted by atomic mass is 35.5. The molecule has 2 nitrogen and oxygen atoms in total. The largest absolute Gasteiger partial charge is 0.505 e. The Labute approximate surface area is 129 Å². The SMILES string of the molecule is [CH2]c1nc(C)c2cc(Cc3ccc(Cl)cc3)ccc2c1O. The van der Waals surface area contributed by atoms with Gasteiger partial charge in [-0.25, -0.2) is 0 Å². The molecule has 0 fully saturated rings. The lowest BCUT2D eigenvalue weighted by Gasteiger charge is -2.09. The molecule has 1 aromatic heterocycles. The molecule has 21 heavy (non-hydrogen) atoms. The highest BCUT2D eigenvalue weighted by Crippen LogP contribution is 2.30. The Balaban J connectivity index is 2.03. The van der Waals surface area contributed by atoms with Crippen molar-refractivity contribution in [3.8, 4) is 5.75 Å². The van der Waals surface area contributed by atoms with Crippen molar-refractivity contribution in [1.82, 2.24) is 4.98 Å². The molecule has 3 rings (SSSR count). The Bertz CT molecular complexity index is 810. The number of hydrogen-bond acceptors (Lipinski definition) is 2. The van der Waals surface area contributed by atoms with Crippen LogP contribution in [0.5, 0.6) is 5.75 Å². The van der Waals surface area contributed by atoms with Crippen LogP contribution in [0.4, 0.5) is 0 Å². The minimum Gasteiger partial charge on any atom is -0.505 e. The van der Waals surface area contributed by atoms with Gasteiger partial charge < -0.3 is 5.11 Å². The first-order valence-corrected chi connectivity index (χ1v) is 7.11. The predicted octanol–water partition coefficient (Wildman–Crippen LogP) is 4.68. The summed E-state index contributed by atoms with van der Waals surface area (Å²) in [5.74, 6) is 0.161. The maximum absolute atomic E-state index is 10.1. The first-order valence-electron chi connectivity index (χ1n) is 6.73. The van der Waals surface area contributed by atoms with Crippen molar-refractivity contribution in [3.63, 3.8) is 0 Å². The maximum Gasteiger partial charge on any atom is 0.144 e. The van der Waals surface area contributed by atoms with Crippen LogP contribution < -0.4 is 0 Å². The number of nitrogens with zero attached hydrogens (tertiary/aromatic N) is 1. The fraction of sp³-hybridized carbons (Fsp3) is 0.111. The van der Waals surface area contributed by atoms with E-state index in [0.717, 1.165) is 27.9 Å². The topological polar surface area (TPSA) is 33.1 Å². The zero-order valence-electron chi connectivity index (χ0n) is 11.7. The number of fused-ring (bicyclic) bond motifs is 1. The molecule has 2 aromatic carbocycles. The van der Waals surface area contributed by atoms with Crippen LogP contribution in [0.3, 0.4) is 0 Å². The number of rotatable bonds is 2. The van der Waals surface area contributed by atoms with Crippen molar-refractivity contribution in [3.05, 3.63) is 76.9 Å². The van der Waals surface area contributed by atoms with Crippen LogP contribution in [0, 0.1) is 13.8 Å². The summed E-state index contributed by atoms with van der Waals surface area (Å²) in [6.45, 7) is 5.69. The first-order chi connectivity index (χ1) is 10.0. The summed E-state index contributed by atoms with van der Waals surface area (Å²) >= 11 is 5.90. The van der Waals surface area contributed by atoms with E-state index in [1.807, 2.05) is 43.3 Å². The molecule has 105 valence electrons. The van der Waals surface area contributed by atoms with Gasteiger partial charge in [-0.1, -0.05) is 35.9 Å². The van der Waals surface area contributed by atoms with Gasteiger partial charge >= 0.3 is 0 Å². The highest BCUT2D eigenvalue weighted by Gasteiger charge is 2.09. The third kappa shape index (κ3) is 2.72. The number of benzene rings is 2. The molecule has 1 radical (unpaired) electrons. The zero-order valence-corrected chi connectivity index (χ0v) is 12.5. The van der Waals surface area contributed by atoms with Gasteiger partial charge in [0.25, 0.3) is 0 Å². The van der Waals surface area contributed by atoms with Gasteiger partial charge in [0.1, 0.15) is 5.75 Å². The van der Waals surface area contributed by atoms with Crippen LogP contribution in [0.15, 0.2) is 42.5 Å². The van der Waals surface area contributed by atoms with E-state index in [9.17, 15) is 5.11 Å². The fourth-order valence-corrected chi connectivity index (χ4v) is 2.64. The zero-order chi connectivity index (χ0) is 15.0. The number of aromatic nitrogens is 1. The third-order valence-corrected chi connectivity index (χ3v) is 3.88. The van der Waals surface area contributed by atoms with Crippen molar-refractivity contribution in [2.24, 2.45) is 0 Å². The van der Waals surface area contributed by atoms with Gasteiger partial charge in [0.2, 0.25) is 0 Å². The van der Waals surface area contributed by atoms with Crippen LogP contribution in [-0.4, -0.2) is 10.1 Å². The summed E-state index contributed by atoms with van der Waals surface area (Å²) < 4.78 is 0. The Morgan fingerprint density at radius 3 is 2.43 bits per heavy atom. The van der Waals surface area contributed by atoms with E-state index in [-0.39, 0.29) is 5.75 Å². The summed E-state index contributed by atoms with van der Waals surface area (Å²) in [6.07, 6.45) is 0.819. The van der Waals surface area contributed by atoms with E-state index in [1.165, 1.54) is 11.1 Å². The average Bonchev–Trinajstić information content (AvgIpc) is 2.47. The van der Waals surface area contributed by atoms with E-state index in [1.54, 1.807) is 0 Å². The molecule has 3 aromatic rings. The molecular weight excluding hydrogens is 282 g/mol. The molecule has 0 aliphatic carbocycles. The van der Waals surface area contributed by atoms with Crippen molar-refractivity contribution in [2.45, 2.75) is 13.3 Å². The lowest BCUT2D eigenvalue weighted by atomic mass is 10.00. The maximum atomic E-state index is 10.1. The molecule has 0 amide bonds. The summed E-state index contributed by atoms with van der Waals surface area (Å²) in [5.41, 5.74) is 3.67. The molecule has 0 aliphatic rings. The Kier molecular flexibility index (Phi) is 3.56. The number of pyridine rings is 1. The van der Waals surface area contributed by atoms with Crippen LogP contribution in [0.25, 0.3) is 10.8 Å². The monoisotopic (exact) mass is 296 g/mol. The van der Waals surface area contributed by atoms with Crippen molar-refractivity contribution in [1.29, 1.82) is 0 Å². The number of hydrogen-bond donors (Lipinski definition) is 1. The minimum atomic E-state index is 0.161. The second-order valence-electron chi connectivity index (χ2n) is 5.18. The van der Waals surface area contributed by atoms with Gasteiger partial charge in [0.05, 0.1) is 5.69 Å². The Hall–Kier alpha value is -2.06. The first kappa shape index (κ1) is 13.9. The quantitative estimate of drug-likeness (QED) is 0.745. The number of halogens is 1. The molecule has 0 spiro atoms. The minimum absolute atomic E-state index is 0.161. The van der Waals surface area contributed by atoms with E-state index in [0.29, 0.717) is 5.69 Å². The summed E-state index contributed by atoms with van der Waals surface area (Å²) in [7, 11) is 0. The highest BCUT2D eigenvalue weighted by molar-refractivity contribution is 6.30. The van der Waals surface area contributed by atoms with Crippen molar-refractivity contribution in [2.75, 3.05) is 0 Å². The molecule has 0 saturated carbocycles. The summed E-state index contributed by atoms with van der Waals surface area (Å²) in [6, 6.07) is 13.9. The van der Waals surface area contributed by atoms with Gasteiger partial charge in [0, 0.05) is 21.5 Å². The lowest BCUT2D eigenvalue weighted by Crippen LogP contribution is -1.93. The molecule has 0 bridgehead atoms. The smallest absolute Gasteiger partial charge is 0.144 e. The van der Waals surface area contributed by atoms with Crippen LogP contribution >= 0.6 is 11.6 Å². The summed E-state index contributed by atoms with van der Waals surface area (Å²) in [5, 5.41) is 12.6. The number of aryl methyl sites for hydroxylation is 1. The second kappa shape index (κ2) is 5.38. The molecule has 0 saturated heterocycles. The Morgan fingerprint density at radius 1 is 1.05 bits per heavy atom. The third-order valence-electron chi connectivity index (χ3n) is 3.63. The number of aromatic hydroxyl groups is 1. The van der Waals surface area contributed by atoms with E-state index < -0.39 is 0 Å². The normalized spacial score (nSPS) is 11.0. The Morgan fingerprint density at radius 2 is 1.71 bits per heavy atom. The van der Waals surface area contributed by atoms with Crippen molar-refractivity contribution >= 4 is 22.4 Å². The van der Waals surface area contributed by atoms with Crippen molar-refractivity contribution < 1.29 is 5.11 Å². The molecule has 1 heterocycles. The molecule has 0 aliphatic heterocycles.